The normalized spacial score (nSPS) is 10.5. The molecule has 0 amide bonds. The number of fused-ring (bicyclic) bond motifs is 1. The molecule has 7 nitrogen and oxygen atoms in total. The summed E-state index contributed by atoms with van der Waals surface area (Å²) in [5.41, 5.74) is 1.93. The lowest BCUT2D eigenvalue weighted by Gasteiger charge is -2.08. The Kier molecular flexibility index (Phi) is 4.51. The van der Waals surface area contributed by atoms with E-state index in [1.165, 1.54) is 12.1 Å². The maximum Gasteiger partial charge on any atom is 0.271 e. The van der Waals surface area contributed by atoms with E-state index in [0.29, 0.717) is 23.5 Å². The molecule has 0 aliphatic rings. The zero-order valence-electron chi connectivity index (χ0n) is 13.1. The standard InChI is InChI=1S/C17H16N4O3/c1-2-9-24-14-6-3-12(4-7-14)19-17-11-18-16-10-13(21(22)23)5-8-15(16)20-17/h3-8,10-11H,2,9H2,1H3,(H,19,20). The number of hydrogen-bond donors (Lipinski definition) is 1. The lowest BCUT2D eigenvalue weighted by Crippen LogP contribution is -1.97. The van der Waals surface area contributed by atoms with Crippen molar-refractivity contribution in [3.05, 3.63) is 58.8 Å². The van der Waals surface area contributed by atoms with Gasteiger partial charge in [0, 0.05) is 17.8 Å². The summed E-state index contributed by atoms with van der Waals surface area (Å²) in [6.07, 6.45) is 2.51. The highest BCUT2D eigenvalue weighted by Crippen LogP contribution is 2.22. The van der Waals surface area contributed by atoms with Gasteiger partial charge in [0.25, 0.3) is 5.69 Å². The van der Waals surface area contributed by atoms with E-state index in [2.05, 4.69) is 22.2 Å². The minimum absolute atomic E-state index is 0.000164. The van der Waals surface area contributed by atoms with Crippen LogP contribution in [0.2, 0.25) is 0 Å². The van der Waals surface area contributed by atoms with Crippen LogP contribution in [-0.2, 0) is 0 Å². The average molecular weight is 324 g/mol. The molecule has 7 heteroatoms. The second-order valence-electron chi connectivity index (χ2n) is 5.18. The van der Waals surface area contributed by atoms with Crippen molar-refractivity contribution >= 4 is 28.2 Å². The molecule has 0 saturated carbocycles. The van der Waals surface area contributed by atoms with E-state index < -0.39 is 4.92 Å². The molecule has 0 aliphatic heterocycles. The molecule has 3 rings (SSSR count). The first-order valence-corrected chi connectivity index (χ1v) is 7.57. The second kappa shape index (κ2) is 6.91. The van der Waals surface area contributed by atoms with Crippen LogP contribution in [0.5, 0.6) is 5.75 Å². The van der Waals surface area contributed by atoms with Crippen molar-refractivity contribution in [3.63, 3.8) is 0 Å². The maximum atomic E-state index is 10.8. The number of nitro groups is 1. The number of rotatable bonds is 6. The van der Waals surface area contributed by atoms with Crippen molar-refractivity contribution in [2.45, 2.75) is 13.3 Å². The van der Waals surface area contributed by atoms with Gasteiger partial charge in [-0.3, -0.25) is 15.1 Å². The second-order valence-corrected chi connectivity index (χ2v) is 5.18. The monoisotopic (exact) mass is 324 g/mol. The van der Waals surface area contributed by atoms with Crippen LogP contribution in [0.3, 0.4) is 0 Å². The van der Waals surface area contributed by atoms with E-state index >= 15 is 0 Å². The maximum absolute atomic E-state index is 10.8. The van der Waals surface area contributed by atoms with Crippen LogP contribution in [0.1, 0.15) is 13.3 Å². The van der Waals surface area contributed by atoms with Gasteiger partial charge in [-0.25, -0.2) is 4.98 Å². The van der Waals surface area contributed by atoms with Crippen molar-refractivity contribution in [2.75, 3.05) is 11.9 Å². The third kappa shape index (κ3) is 3.57. The van der Waals surface area contributed by atoms with Gasteiger partial charge in [-0.2, -0.15) is 0 Å². The molecule has 0 atom stereocenters. The molecule has 0 bridgehead atoms. The Morgan fingerprint density at radius 2 is 1.96 bits per heavy atom. The highest BCUT2D eigenvalue weighted by Gasteiger charge is 2.08. The van der Waals surface area contributed by atoms with Crippen LogP contribution in [0, 0.1) is 10.1 Å². The molecule has 3 aromatic rings. The van der Waals surface area contributed by atoms with E-state index in [1.807, 2.05) is 24.3 Å². The summed E-state index contributed by atoms with van der Waals surface area (Å²) in [6, 6.07) is 12.0. The summed E-state index contributed by atoms with van der Waals surface area (Å²) in [5.74, 6) is 1.39. The fourth-order valence-corrected chi connectivity index (χ4v) is 2.18. The van der Waals surface area contributed by atoms with E-state index in [9.17, 15) is 10.1 Å². The Morgan fingerprint density at radius 3 is 2.67 bits per heavy atom. The highest BCUT2D eigenvalue weighted by molar-refractivity contribution is 5.78. The van der Waals surface area contributed by atoms with Crippen molar-refractivity contribution in [3.8, 4) is 5.75 Å². The summed E-state index contributed by atoms with van der Waals surface area (Å²) in [7, 11) is 0. The Morgan fingerprint density at radius 1 is 1.17 bits per heavy atom. The topological polar surface area (TPSA) is 90.2 Å². The predicted octanol–water partition coefficient (Wildman–Crippen LogP) is 4.07. The van der Waals surface area contributed by atoms with Crippen LogP contribution >= 0.6 is 0 Å². The number of non-ortho nitro benzene ring substituents is 1. The van der Waals surface area contributed by atoms with E-state index in [4.69, 9.17) is 4.74 Å². The van der Waals surface area contributed by atoms with Gasteiger partial charge in [0.05, 0.1) is 28.8 Å². The molecule has 0 saturated heterocycles. The zero-order valence-corrected chi connectivity index (χ0v) is 13.1. The van der Waals surface area contributed by atoms with Crippen molar-refractivity contribution in [1.82, 2.24) is 9.97 Å². The first-order valence-electron chi connectivity index (χ1n) is 7.57. The molecule has 24 heavy (non-hydrogen) atoms. The quantitative estimate of drug-likeness (QED) is 0.543. The molecule has 0 aliphatic carbocycles. The molecule has 0 spiro atoms. The minimum atomic E-state index is -0.449. The summed E-state index contributed by atoms with van der Waals surface area (Å²) in [4.78, 5) is 19.0. The van der Waals surface area contributed by atoms with Crippen molar-refractivity contribution < 1.29 is 9.66 Å². The van der Waals surface area contributed by atoms with Gasteiger partial charge in [0.1, 0.15) is 11.6 Å². The Hall–Kier alpha value is -3.22. The lowest BCUT2D eigenvalue weighted by atomic mass is 10.2. The van der Waals surface area contributed by atoms with E-state index in [0.717, 1.165) is 17.9 Å². The van der Waals surface area contributed by atoms with E-state index in [1.54, 1.807) is 12.3 Å². The SMILES string of the molecule is CCCOc1ccc(Nc2cnc3cc([N+](=O)[O-])ccc3n2)cc1. The molecule has 1 N–H and O–H groups in total. The summed E-state index contributed by atoms with van der Waals surface area (Å²) < 4.78 is 5.54. The van der Waals surface area contributed by atoms with Gasteiger partial charge in [-0.1, -0.05) is 6.92 Å². The first kappa shape index (κ1) is 15.7. The number of hydrogen-bond acceptors (Lipinski definition) is 6. The average Bonchev–Trinajstić information content (AvgIpc) is 2.60. The molecule has 1 heterocycles. The highest BCUT2D eigenvalue weighted by atomic mass is 16.6. The largest absolute Gasteiger partial charge is 0.494 e. The van der Waals surface area contributed by atoms with E-state index in [-0.39, 0.29) is 5.69 Å². The molecular weight excluding hydrogens is 308 g/mol. The molecule has 0 fully saturated rings. The number of benzene rings is 2. The number of nitrogens with zero attached hydrogens (tertiary/aromatic N) is 3. The number of ether oxygens (including phenoxy) is 1. The molecule has 0 radical (unpaired) electrons. The van der Waals surface area contributed by atoms with Crippen molar-refractivity contribution in [1.29, 1.82) is 0 Å². The summed E-state index contributed by atoms with van der Waals surface area (Å²) >= 11 is 0. The van der Waals surface area contributed by atoms with Gasteiger partial charge >= 0.3 is 0 Å². The van der Waals surface area contributed by atoms with Crippen LogP contribution in [0.15, 0.2) is 48.7 Å². The summed E-state index contributed by atoms with van der Waals surface area (Å²) in [5, 5.41) is 13.9. The van der Waals surface area contributed by atoms with Crippen LogP contribution in [0.25, 0.3) is 11.0 Å². The molecule has 0 unspecified atom stereocenters. The Bertz CT molecular complexity index is 865. The van der Waals surface area contributed by atoms with Gasteiger partial charge in [0.15, 0.2) is 0 Å². The number of nitrogens with one attached hydrogen (secondary N) is 1. The Labute approximate surface area is 138 Å². The third-order valence-corrected chi connectivity index (χ3v) is 3.34. The van der Waals surface area contributed by atoms with Gasteiger partial charge in [0.2, 0.25) is 0 Å². The van der Waals surface area contributed by atoms with Gasteiger partial charge in [-0.05, 0) is 36.8 Å². The fourth-order valence-electron chi connectivity index (χ4n) is 2.18. The molecule has 2 aromatic carbocycles. The molecular formula is C17H16N4O3. The van der Waals surface area contributed by atoms with Crippen LogP contribution in [0.4, 0.5) is 17.2 Å². The Balaban J connectivity index is 1.77. The lowest BCUT2D eigenvalue weighted by molar-refractivity contribution is -0.384. The third-order valence-electron chi connectivity index (χ3n) is 3.34. The minimum Gasteiger partial charge on any atom is -0.494 e. The van der Waals surface area contributed by atoms with Crippen molar-refractivity contribution in [2.24, 2.45) is 0 Å². The zero-order chi connectivity index (χ0) is 16.9. The summed E-state index contributed by atoms with van der Waals surface area (Å²) in [6.45, 7) is 2.75. The first-order chi connectivity index (χ1) is 11.7. The number of aromatic nitrogens is 2. The van der Waals surface area contributed by atoms with Gasteiger partial charge in [-0.15, -0.1) is 0 Å². The van der Waals surface area contributed by atoms with Gasteiger partial charge < -0.3 is 10.1 Å². The number of nitro benzene ring substituents is 1. The van der Waals surface area contributed by atoms with Crippen LogP contribution < -0.4 is 10.1 Å². The predicted molar refractivity (Wildman–Crippen MR) is 91.7 cm³/mol. The smallest absolute Gasteiger partial charge is 0.271 e. The van der Waals surface area contributed by atoms with Crippen LogP contribution in [-0.4, -0.2) is 21.5 Å². The number of anilines is 2. The molecule has 122 valence electrons. The molecule has 1 aromatic heterocycles. The fraction of sp³-hybridized carbons (Fsp3) is 0.176.